The first-order valence-corrected chi connectivity index (χ1v) is 12.1. The lowest BCUT2D eigenvalue weighted by atomic mass is 9.93. The Balaban J connectivity index is 1.64. The number of benzene rings is 3. The van der Waals surface area contributed by atoms with Crippen molar-refractivity contribution >= 4 is 17.3 Å². The van der Waals surface area contributed by atoms with Crippen molar-refractivity contribution in [2.45, 2.75) is 39.7 Å². The number of nitrogens with zero attached hydrogens (tertiary/aromatic N) is 3. The van der Waals surface area contributed by atoms with Gasteiger partial charge in [0.2, 0.25) is 5.82 Å². The maximum absolute atomic E-state index is 13.4. The first-order chi connectivity index (χ1) is 17.5. The smallest absolute Gasteiger partial charge is 0.326 e. The van der Waals surface area contributed by atoms with Crippen molar-refractivity contribution < 1.29 is 13.7 Å². The van der Waals surface area contributed by atoms with Crippen LogP contribution in [0.3, 0.4) is 0 Å². The van der Waals surface area contributed by atoms with Gasteiger partial charge in [0.05, 0.1) is 17.3 Å². The van der Waals surface area contributed by atoms with Crippen molar-refractivity contribution in [1.29, 1.82) is 0 Å². The summed E-state index contributed by atoms with van der Waals surface area (Å²) in [5.41, 5.74) is 6.06. The van der Waals surface area contributed by atoms with Crippen LogP contribution in [-0.2, 0) is 12.8 Å². The van der Waals surface area contributed by atoms with Gasteiger partial charge in [-0.15, -0.1) is 0 Å². The van der Waals surface area contributed by atoms with Crippen LogP contribution in [0.4, 0.5) is 14.9 Å². The van der Waals surface area contributed by atoms with Crippen LogP contribution in [0.2, 0.25) is 0 Å². The predicted molar refractivity (Wildman–Crippen MR) is 138 cm³/mol. The van der Waals surface area contributed by atoms with Gasteiger partial charge in [-0.05, 0) is 72.9 Å². The Hall–Kier alpha value is -4.26. The van der Waals surface area contributed by atoms with Crippen LogP contribution >= 0.6 is 0 Å². The summed E-state index contributed by atoms with van der Waals surface area (Å²) in [6.07, 6.45) is 1.78. The molecule has 7 heteroatoms. The molecule has 1 unspecified atom stereocenters. The van der Waals surface area contributed by atoms with E-state index < -0.39 is 6.04 Å². The van der Waals surface area contributed by atoms with Crippen molar-refractivity contribution in [3.05, 3.63) is 107 Å². The van der Waals surface area contributed by atoms with E-state index in [-0.39, 0.29) is 11.8 Å². The number of anilines is 1. The second-order valence-electron chi connectivity index (χ2n) is 8.77. The number of halogens is 1. The Morgan fingerprint density at radius 2 is 1.69 bits per heavy atom. The number of hydrogen-bond donors (Lipinski definition) is 1. The third-order valence-corrected chi connectivity index (χ3v) is 6.54. The fourth-order valence-electron chi connectivity index (χ4n) is 4.49. The number of urea groups is 1. The molecule has 3 aromatic carbocycles. The predicted octanol–water partition coefficient (Wildman–Crippen LogP) is 6.70. The lowest BCUT2D eigenvalue weighted by molar-refractivity contribution is 0.244. The monoisotopic (exact) mass is 482 g/mol. The number of rotatable bonds is 6. The summed E-state index contributed by atoms with van der Waals surface area (Å²) < 4.78 is 19.1. The zero-order valence-electron chi connectivity index (χ0n) is 20.5. The summed E-state index contributed by atoms with van der Waals surface area (Å²) in [5, 5.41) is 7.29. The van der Waals surface area contributed by atoms with Crippen LogP contribution in [0.5, 0.6) is 0 Å². The Bertz CT molecular complexity index is 1420. The molecule has 0 bridgehead atoms. The maximum Gasteiger partial charge on any atom is 0.326 e. The van der Waals surface area contributed by atoms with Gasteiger partial charge >= 0.3 is 6.03 Å². The molecule has 6 nitrogen and oxygen atoms in total. The standard InChI is InChI=1S/C29H27FN4O2/c1-4-19-9-11-21(12-10-19)26-25(28-32-27(33-36-28)22-13-15-23(30)16-14-22)18(3)34(29(35)31-26)24-8-6-7-20(5-2)17-24/h6-17,26H,4-5H2,1-3H3,(H,31,35). The molecule has 2 heterocycles. The van der Waals surface area contributed by atoms with E-state index in [0.29, 0.717) is 28.5 Å². The van der Waals surface area contributed by atoms with Crippen LogP contribution in [0.25, 0.3) is 17.0 Å². The highest BCUT2D eigenvalue weighted by molar-refractivity contribution is 6.01. The highest BCUT2D eigenvalue weighted by Gasteiger charge is 2.36. The molecule has 0 aliphatic carbocycles. The molecular weight excluding hydrogens is 455 g/mol. The summed E-state index contributed by atoms with van der Waals surface area (Å²) in [4.78, 5) is 19.7. The molecule has 0 radical (unpaired) electrons. The zero-order chi connectivity index (χ0) is 25.2. The van der Waals surface area contributed by atoms with Crippen LogP contribution < -0.4 is 10.2 Å². The normalized spacial score (nSPS) is 15.8. The average molecular weight is 483 g/mol. The summed E-state index contributed by atoms with van der Waals surface area (Å²) >= 11 is 0. The van der Waals surface area contributed by atoms with Crippen molar-refractivity contribution in [2.75, 3.05) is 4.90 Å². The molecule has 36 heavy (non-hydrogen) atoms. The topological polar surface area (TPSA) is 71.3 Å². The second-order valence-corrected chi connectivity index (χ2v) is 8.77. The Kier molecular flexibility index (Phi) is 6.38. The van der Waals surface area contributed by atoms with Gasteiger partial charge in [0.25, 0.3) is 5.89 Å². The number of aromatic nitrogens is 2. The Morgan fingerprint density at radius 3 is 2.39 bits per heavy atom. The minimum Gasteiger partial charge on any atom is -0.334 e. The highest BCUT2D eigenvalue weighted by Crippen LogP contribution is 2.39. The molecule has 0 spiro atoms. The molecule has 0 saturated carbocycles. The molecule has 1 N–H and O–H groups in total. The lowest BCUT2D eigenvalue weighted by Gasteiger charge is -2.35. The van der Waals surface area contributed by atoms with E-state index in [0.717, 1.165) is 29.7 Å². The summed E-state index contributed by atoms with van der Waals surface area (Å²) in [6, 6.07) is 21.3. The summed E-state index contributed by atoms with van der Waals surface area (Å²) in [7, 11) is 0. The van der Waals surface area contributed by atoms with Gasteiger partial charge in [0, 0.05) is 11.3 Å². The van der Waals surface area contributed by atoms with Crippen LogP contribution in [0, 0.1) is 5.82 Å². The molecule has 2 amide bonds. The van der Waals surface area contributed by atoms with E-state index in [2.05, 4.69) is 41.4 Å². The molecule has 5 rings (SSSR count). The van der Waals surface area contributed by atoms with E-state index in [1.807, 2.05) is 43.3 Å². The van der Waals surface area contributed by atoms with E-state index in [9.17, 15) is 9.18 Å². The largest absolute Gasteiger partial charge is 0.334 e. The van der Waals surface area contributed by atoms with Gasteiger partial charge in [-0.3, -0.25) is 4.90 Å². The summed E-state index contributed by atoms with van der Waals surface area (Å²) in [5.74, 6) is 0.311. The number of aryl methyl sites for hydroxylation is 2. The van der Waals surface area contributed by atoms with Gasteiger partial charge in [0.15, 0.2) is 0 Å². The number of carbonyl (C=O) groups excluding carboxylic acids is 1. The van der Waals surface area contributed by atoms with Crippen molar-refractivity contribution in [3.8, 4) is 11.4 Å². The van der Waals surface area contributed by atoms with E-state index in [1.54, 1.807) is 17.0 Å². The molecule has 0 saturated heterocycles. The lowest BCUT2D eigenvalue weighted by Crippen LogP contribution is -2.46. The van der Waals surface area contributed by atoms with Gasteiger partial charge in [-0.2, -0.15) is 4.98 Å². The Labute approximate surface area is 209 Å². The quantitative estimate of drug-likeness (QED) is 0.332. The fourth-order valence-corrected chi connectivity index (χ4v) is 4.49. The number of hydrogen-bond acceptors (Lipinski definition) is 4. The van der Waals surface area contributed by atoms with Crippen LogP contribution in [-0.4, -0.2) is 16.2 Å². The van der Waals surface area contributed by atoms with E-state index in [4.69, 9.17) is 4.52 Å². The van der Waals surface area contributed by atoms with Crippen LogP contribution in [0.15, 0.2) is 83.0 Å². The van der Waals surface area contributed by atoms with Gasteiger partial charge in [-0.1, -0.05) is 55.4 Å². The first kappa shape index (κ1) is 23.5. The molecule has 1 aromatic heterocycles. The zero-order valence-corrected chi connectivity index (χ0v) is 20.5. The molecule has 4 aromatic rings. The third-order valence-electron chi connectivity index (χ3n) is 6.54. The molecular formula is C29H27FN4O2. The molecule has 0 fully saturated rings. The van der Waals surface area contributed by atoms with E-state index >= 15 is 0 Å². The Morgan fingerprint density at radius 1 is 0.972 bits per heavy atom. The molecule has 182 valence electrons. The van der Waals surface area contributed by atoms with E-state index in [1.165, 1.54) is 17.7 Å². The third kappa shape index (κ3) is 4.40. The number of nitrogens with one attached hydrogen (secondary N) is 1. The minimum atomic E-state index is -0.476. The average Bonchev–Trinajstić information content (AvgIpc) is 3.38. The fraction of sp³-hybridized carbons (Fsp3) is 0.207. The molecule has 1 aliphatic heterocycles. The number of carbonyl (C=O) groups is 1. The minimum absolute atomic E-state index is 0.229. The highest BCUT2D eigenvalue weighted by atomic mass is 19.1. The second kappa shape index (κ2) is 9.77. The SMILES string of the molecule is CCc1ccc(C2NC(=O)N(c3cccc(CC)c3)C(C)=C2c2nc(-c3ccc(F)cc3)no2)cc1. The van der Waals surface area contributed by atoms with Crippen molar-refractivity contribution in [3.63, 3.8) is 0 Å². The summed E-state index contributed by atoms with van der Waals surface area (Å²) in [6.45, 7) is 6.07. The number of amides is 2. The maximum atomic E-state index is 13.4. The molecule has 1 atom stereocenters. The molecule has 1 aliphatic rings. The van der Waals surface area contributed by atoms with Crippen LogP contribution in [0.1, 0.15) is 49.4 Å². The van der Waals surface area contributed by atoms with Gasteiger partial charge in [0.1, 0.15) is 5.82 Å². The first-order valence-electron chi connectivity index (χ1n) is 12.1. The van der Waals surface area contributed by atoms with Gasteiger partial charge < -0.3 is 9.84 Å². The van der Waals surface area contributed by atoms with Crippen molar-refractivity contribution in [1.82, 2.24) is 15.5 Å². The number of allylic oxidation sites excluding steroid dienone is 1. The van der Waals surface area contributed by atoms with Gasteiger partial charge in [-0.25, -0.2) is 9.18 Å². The van der Waals surface area contributed by atoms with Crippen molar-refractivity contribution in [2.24, 2.45) is 0 Å².